The number of nitro groups is 1. The fourth-order valence-corrected chi connectivity index (χ4v) is 3.41. The lowest BCUT2D eigenvalue weighted by Gasteiger charge is -2.35. The molecule has 2 aromatic rings. The Morgan fingerprint density at radius 2 is 1.88 bits per heavy atom. The van der Waals surface area contributed by atoms with Gasteiger partial charge >= 0.3 is 5.00 Å². The molecule has 126 valence electrons. The molecule has 1 aliphatic rings. The van der Waals surface area contributed by atoms with Gasteiger partial charge in [0.1, 0.15) is 0 Å². The summed E-state index contributed by atoms with van der Waals surface area (Å²) in [6.07, 6.45) is 1.67. The van der Waals surface area contributed by atoms with E-state index in [0.29, 0.717) is 0 Å². The number of hydrogen-bond donors (Lipinski definition) is 0. The third-order valence-electron chi connectivity index (χ3n) is 4.17. The second-order valence-electron chi connectivity index (χ2n) is 5.63. The number of nitrogens with zero attached hydrogens (tertiary/aromatic N) is 4. The number of aliphatic imine (C=N–C) groups is 1. The largest absolute Gasteiger partial charge is 0.369 e. The highest BCUT2D eigenvalue weighted by Crippen LogP contribution is 2.24. The maximum atomic E-state index is 10.7. The summed E-state index contributed by atoms with van der Waals surface area (Å²) in [7, 11) is 0. The summed E-state index contributed by atoms with van der Waals surface area (Å²) in [4.78, 5) is 20.3. The van der Waals surface area contributed by atoms with Crippen molar-refractivity contribution >= 4 is 33.9 Å². The predicted octanol–water partition coefficient (Wildman–Crippen LogP) is 3.55. The Hall–Kier alpha value is -2.25. The first-order valence-electron chi connectivity index (χ1n) is 8.01. The van der Waals surface area contributed by atoms with E-state index in [1.165, 1.54) is 11.8 Å². The van der Waals surface area contributed by atoms with Crippen LogP contribution in [0.4, 0.5) is 16.4 Å². The van der Waals surface area contributed by atoms with Gasteiger partial charge in [-0.25, -0.2) is 0 Å². The minimum absolute atomic E-state index is 0.137. The second-order valence-corrected chi connectivity index (χ2v) is 6.72. The lowest BCUT2D eigenvalue weighted by Crippen LogP contribution is -2.46. The lowest BCUT2D eigenvalue weighted by molar-refractivity contribution is -0.380. The maximum absolute atomic E-state index is 10.7. The summed E-state index contributed by atoms with van der Waals surface area (Å²) in [5.41, 5.74) is 2.07. The van der Waals surface area contributed by atoms with Gasteiger partial charge in [0, 0.05) is 44.1 Å². The van der Waals surface area contributed by atoms with Gasteiger partial charge in [-0.2, -0.15) is 0 Å². The Morgan fingerprint density at radius 1 is 1.17 bits per heavy atom. The molecule has 0 amide bonds. The molecule has 1 aromatic carbocycles. The fraction of sp³-hybridized carbons (Fsp3) is 0.353. The molecular formula is C17H20N4O2S. The van der Waals surface area contributed by atoms with Crippen LogP contribution in [0.5, 0.6) is 0 Å². The van der Waals surface area contributed by atoms with Crippen molar-refractivity contribution in [2.75, 3.05) is 37.6 Å². The molecule has 3 rings (SSSR count). The van der Waals surface area contributed by atoms with Gasteiger partial charge in [-0.15, -0.1) is 0 Å². The van der Waals surface area contributed by atoms with Crippen molar-refractivity contribution in [1.82, 2.24) is 4.90 Å². The number of rotatable bonds is 5. The van der Waals surface area contributed by atoms with Crippen molar-refractivity contribution in [2.45, 2.75) is 6.92 Å². The van der Waals surface area contributed by atoms with Crippen LogP contribution in [0.15, 0.2) is 41.4 Å². The Labute approximate surface area is 145 Å². The first kappa shape index (κ1) is 16.6. The van der Waals surface area contributed by atoms with Crippen molar-refractivity contribution in [3.63, 3.8) is 0 Å². The van der Waals surface area contributed by atoms with Crippen LogP contribution in [0, 0.1) is 10.1 Å². The zero-order valence-corrected chi connectivity index (χ0v) is 14.4. The van der Waals surface area contributed by atoms with Crippen LogP contribution < -0.4 is 4.90 Å². The van der Waals surface area contributed by atoms with Gasteiger partial charge in [-0.1, -0.05) is 18.3 Å². The van der Waals surface area contributed by atoms with Crippen molar-refractivity contribution < 1.29 is 4.92 Å². The normalized spacial score (nSPS) is 16.0. The van der Waals surface area contributed by atoms with E-state index < -0.39 is 0 Å². The van der Waals surface area contributed by atoms with Gasteiger partial charge in [0.25, 0.3) is 0 Å². The van der Waals surface area contributed by atoms with Gasteiger partial charge in [-0.3, -0.25) is 15.1 Å². The number of piperazine rings is 1. The van der Waals surface area contributed by atoms with E-state index in [9.17, 15) is 10.1 Å². The van der Waals surface area contributed by atoms with Gasteiger partial charge in [-0.05, 0) is 36.9 Å². The van der Waals surface area contributed by atoms with E-state index >= 15 is 0 Å². The van der Waals surface area contributed by atoms with Crippen LogP contribution in [0.25, 0.3) is 0 Å². The number of likely N-dealkylation sites (N-methyl/N-ethyl adjacent to an activating group) is 1. The minimum Gasteiger partial charge on any atom is -0.369 e. The molecule has 1 aromatic heterocycles. The smallest absolute Gasteiger partial charge is 0.324 e. The molecule has 0 spiro atoms. The molecule has 0 radical (unpaired) electrons. The minimum atomic E-state index is -0.380. The first-order chi connectivity index (χ1) is 11.7. The van der Waals surface area contributed by atoms with Crippen LogP contribution in [-0.4, -0.2) is 48.8 Å². The Morgan fingerprint density at radius 3 is 2.46 bits per heavy atom. The van der Waals surface area contributed by atoms with E-state index in [1.807, 2.05) is 12.1 Å². The topological polar surface area (TPSA) is 62.0 Å². The Balaban J connectivity index is 1.62. The van der Waals surface area contributed by atoms with Gasteiger partial charge in [0.2, 0.25) is 0 Å². The molecule has 0 saturated carbocycles. The molecule has 7 heteroatoms. The number of anilines is 1. The van der Waals surface area contributed by atoms with Crippen LogP contribution in [-0.2, 0) is 0 Å². The predicted molar refractivity (Wildman–Crippen MR) is 99.0 cm³/mol. The molecule has 0 N–H and O–H groups in total. The van der Waals surface area contributed by atoms with E-state index in [2.05, 4.69) is 33.8 Å². The molecule has 0 atom stereocenters. The standard InChI is InChI=1S/C17H20N4O2S/c1-2-19-9-11-20(12-10-19)15-5-3-14(4-6-15)18-13-16-7-8-17(24-16)21(22)23/h3-8,13H,2,9-12H2,1H3. The molecule has 24 heavy (non-hydrogen) atoms. The number of thiophene rings is 1. The van der Waals surface area contributed by atoms with E-state index in [4.69, 9.17) is 0 Å². The van der Waals surface area contributed by atoms with Crippen LogP contribution in [0.1, 0.15) is 11.8 Å². The van der Waals surface area contributed by atoms with Gasteiger partial charge < -0.3 is 9.80 Å². The zero-order chi connectivity index (χ0) is 16.9. The van der Waals surface area contributed by atoms with Crippen molar-refractivity contribution in [2.24, 2.45) is 4.99 Å². The number of hydrogen-bond acceptors (Lipinski definition) is 6. The molecule has 0 aliphatic carbocycles. The Bertz CT molecular complexity index is 718. The molecule has 1 fully saturated rings. The summed E-state index contributed by atoms with van der Waals surface area (Å²) in [6, 6.07) is 11.4. The van der Waals surface area contributed by atoms with Gasteiger partial charge in [0.05, 0.1) is 15.5 Å². The average molecular weight is 344 g/mol. The third kappa shape index (κ3) is 3.98. The highest BCUT2D eigenvalue weighted by molar-refractivity contribution is 7.16. The van der Waals surface area contributed by atoms with Crippen molar-refractivity contribution in [3.05, 3.63) is 51.4 Å². The second kappa shape index (κ2) is 7.55. The first-order valence-corrected chi connectivity index (χ1v) is 8.83. The van der Waals surface area contributed by atoms with Crippen molar-refractivity contribution in [1.29, 1.82) is 0 Å². The maximum Gasteiger partial charge on any atom is 0.324 e. The lowest BCUT2D eigenvalue weighted by atomic mass is 10.2. The molecule has 0 bridgehead atoms. The van der Waals surface area contributed by atoms with E-state index in [-0.39, 0.29) is 9.92 Å². The van der Waals surface area contributed by atoms with Crippen LogP contribution >= 0.6 is 11.3 Å². The fourth-order valence-electron chi connectivity index (χ4n) is 2.72. The third-order valence-corrected chi connectivity index (χ3v) is 5.14. The molecule has 1 saturated heterocycles. The summed E-state index contributed by atoms with van der Waals surface area (Å²) < 4.78 is 0. The molecule has 1 aliphatic heterocycles. The van der Waals surface area contributed by atoms with Crippen molar-refractivity contribution in [3.8, 4) is 0 Å². The quantitative estimate of drug-likeness (QED) is 0.473. The van der Waals surface area contributed by atoms with E-state index in [0.717, 1.165) is 54.6 Å². The summed E-state index contributed by atoms with van der Waals surface area (Å²) in [5, 5.41) is 10.8. The average Bonchev–Trinajstić information content (AvgIpc) is 3.10. The van der Waals surface area contributed by atoms with Gasteiger partial charge in [0.15, 0.2) is 0 Å². The van der Waals surface area contributed by atoms with Crippen LogP contribution in [0.2, 0.25) is 0 Å². The number of benzene rings is 1. The monoisotopic (exact) mass is 344 g/mol. The van der Waals surface area contributed by atoms with Crippen LogP contribution in [0.3, 0.4) is 0 Å². The molecule has 2 heterocycles. The highest BCUT2D eigenvalue weighted by Gasteiger charge is 2.15. The summed E-state index contributed by atoms with van der Waals surface area (Å²) in [5.74, 6) is 0. The molecule has 0 unspecified atom stereocenters. The summed E-state index contributed by atoms with van der Waals surface area (Å²) in [6.45, 7) is 7.62. The van der Waals surface area contributed by atoms with E-state index in [1.54, 1.807) is 12.3 Å². The summed E-state index contributed by atoms with van der Waals surface area (Å²) >= 11 is 1.13. The highest BCUT2D eigenvalue weighted by atomic mass is 32.1. The zero-order valence-electron chi connectivity index (χ0n) is 13.6. The Kier molecular flexibility index (Phi) is 5.22. The molecular weight excluding hydrogens is 324 g/mol. The SMILES string of the molecule is CCN1CCN(c2ccc(N=Cc3ccc([N+](=O)[O-])s3)cc2)CC1. The molecule has 6 nitrogen and oxygen atoms in total.